The Kier molecular flexibility index (Phi) is 4.76. The summed E-state index contributed by atoms with van der Waals surface area (Å²) in [5.41, 5.74) is 2.33. The Balaban J connectivity index is 1.95. The summed E-state index contributed by atoms with van der Waals surface area (Å²) < 4.78 is 5.38. The van der Waals surface area contributed by atoms with Crippen LogP contribution in [0, 0.1) is 0 Å². The summed E-state index contributed by atoms with van der Waals surface area (Å²) in [6.45, 7) is 4.04. The van der Waals surface area contributed by atoms with Crippen LogP contribution in [0.3, 0.4) is 0 Å². The maximum Gasteiger partial charge on any atom is 0.280 e. The molecule has 0 radical (unpaired) electrons. The number of benzene rings is 2. The highest BCUT2D eigenvalue weighted by Gasteiger charge is 2.29. The molecule has 2 aromatic carbocycles. The zero-order valence-electron chi connectivity index (χ0n) is 13.9. The minimum atomic E-state index is -0.253. The summed E-state index contributed by atoms with van der Waals surface area (Å²) in [6.07, 6.45) is 1.72. The third kappa shape index (κ3) is 3.37. The Morgan fingerprint density at radius 3 is 2.76 bits per heavy atom. The number of amides is 1. The molecule has 1 N–H and O–H groups in total. The topological polar surface area (TPSA) is 62.1 Å². The number of nitrogens with zero attached hydrogens (tertiary/aromatic N) is 2. The van der Waals surface area contributed by atoms with E-state index in [0.29, 0.717) is 34.4 Å². The second-order valence-electron chi connectivity index (χ2n) is 5.47. The molecule has 0 unspecified atom stereocenters. The van der Waals surface area contributed by atoms with Crippen LogP contribution in [-0.4, -0.2) is 23.3 Å². The molecule has 0 bridgehead atoms. The van der Waals surface area contributed by atoms with E-state index < -0.39 is 0 Å². The van der Waals surface area contributed by atoms with Crippen molar-refractivity contribution in [3.8, 4) is 11.5 Å². The molecule has 5 nitrogen and oxygen atoms in total. The Morgan fingerprint density at radius 2 is 2.04 bits per heavy atom. The first-order chi connectivity index (χ1) is 12.0. The van der Waals surface area contributed by atoms with E-state index >= 15 is 0 Å². The van der Waals surface area contributed by atoms with E-state index in [9.17, 15) is 9.90 Å². The van der Waals surface area contributed by atoms with Crippen LogP contribution in [0.2, 0.25) is 5.02 Å². The lowest BCUT2D eigenvalue weighted by molar-refractivity contribution is -0.114. The number of phenolic OH excluding ortho intramolecular Hbond substituents is 1. The molecular formula is C19H17ClN2O3. The summed E-state index contributed by atoms with van der Waals surface area (Å²) in [6, 6.07) is 12.0. The number of carbonyl (C=O) groups is 1. The van der Waals surface area contributed by atoms with Crippen LogP contribution in [-0.2, 0) is 4.79 Å². The van der Waals surface area contributed by atoms with Crippen molar-refractivity contribution in [2.75, 3.05) is 11.6 Å². The number of ether oxygens (including phenoxy) is 1. The van der Waals surface area contributed by atoms with Gasteiger partial charge in [-0.25, -0.2) is 0 Å². The largest absolute Gasteiger partial charge is 0.504 e. The van der Waals surface area contributed by atoms with E-state index in [1.807, 2.05) is 6.92 Å². The monoisotopic (exact) mass is 356 g/mol. The van der Waals surface area contributed by atoms with Gasteiger partial charge in [0.15, 0.2) is 11.5 Å². The zero-order valence-corrected chi connectivity index (χ0v) is 14.6. The smallest absolute Gasteiger partial charge is 0.280 e. The predicted molar refractivity (Wildman–Crippen MR) is 99.3 cm³/mol. The van der Waals surface area contributed by atoms with E-state index in [1.165, 1.54) is 11.1 Å². The number of hydrazone groups is 1. The summed E-state index contributed by atoms with van der Waals surface area (Å²) in [5, 5.41) is 15.9. The Morgan fingerprint density at radius 1 is 1.28 bits per heavy atom. The van der Waals surface area contributed by atoms with Gasteiger partial charge in [-0.3, -0.25) is 4.79 Å². The fraction of sp³-hybridized carbons (Fsp3) is 0.158. The van der Waals surface area contributed by atoms with Crippen molar-refractivity contribution in [2.24, 2.45) is 5.10 Å². The van der Waals surface area contributed by atoms with Crippen molar-refractivity contribution in [1.29, 1.82) is 0 Å². The van der Waals surface area contributed by atoms with Crippen LogP contribution in [0.1, 0.15) is 19.4 Å². The molecule has 3 rings (SSSR count). The molecule has 0 saturated heterocycles. The van der Waals surface area contributed by atoms with Gasteiger partial charge in [-0.2, -0.15) is 10.1 Å². The van der Waals surface area contributed by atoms with Crippen LogP contribution in [0.25, 0.3) is 6.08 Å². The SMILES string of the molecule is CCOc1cc(C=C2C(=O)N(c3ccccc3Cl)N=C2C)ccc1O. The number of phenols is 1. The number of para-hydroxylation sites is 1. The van der Waals surface area contributed by atoms with Crippen molar-refractivity contribution in [3.63, 3.8) is 0 Å². The first-order valence-electron chi connectivity index (χ1n) is 7.83. The highest BCUT2D eigenvalue weighted by molar-refractivity contribution is 6.37. The number of anilines is 1. The Bertz CT molecular complexity index is 890. The molecule has 0 aliphatic carbocycles. The lowest BCUT2D eigenvalue weighted by Crippen LogP contribution is -2.21. The normalized spacial score (nSPS) is 15.6. The maximum atomic E-state index is 12.8. The number of aromatic hydroxyl groups is 1. The van der Waals surface area contributed by atoms with E-state index in [-0.39, 0.29) is 11.7 Å². The van der Waals surface area contributed by atoms with Crippen LogP contribution in [0.15, 0.2) is 53.1 Å². The molecular weight excluding hydrogens is 340 g/mol. The lowest BCUT2D eigenvalue weighted by Gasteiger charge is -2.13. The van der Waals surface area contributed by atoms with E-state index in [4.69, 9.17) is 16.3 Å². The van der Waals surface area contributed by atoms with Crippen molar-refractivity contribution in [1.82, 2.24) is 0 Å². The molecule has 0 atom stereocenters. The van der Waals surface area contributed by atoms with Crippen LogP contribution in [0.5, 0.6) is 11.5 Å². The number of carbonyl (C=O) groups excluding carboxylic acids is 1. The van der Waals surface area contributed by atoms with Crippen molar-refractivity contribution in [2.45, 2.75) is 13.8 Å². The second-order valence-corrected chi connectivity index (χ2v) is 5.88. The minimum absolute atomic E-state index is 0.0600. The molecule has 1 heterocycles. The van der Waals surface area contributed by atoms with E-state index in [0.717, 1.165) is 5.56 Å². The molecule has 6 heteroatoms. The van der Waals surface area contributed by atoms with Gasteiger partial charge in [0.05, 0.1) is 28.6 Å². The fourth-order valence-corrected chi connectivity index (χ4v) is 2.75. The third-order valence-electron chi connectivity index (χ3n) is 3.74. The summed E-state index contributed by atoms with van der Waals surface area (Å²) in [7, 11) is 0. The number of hydrogen-bond acceptors (Lipinski definition) is 4. The van der Waals surface area contributed by atoms with Gasteiger partial charge in [0.1, 0.15) is 0 Å². The van der Waals surface area contributed by atoms with E-state index in [1.54, 1.807) is 49.4 Å². The standard InChI is InChI=1S/C19H17ClN2O3/c1-3-25-18-11-13(8-9-17(18)23)10-14-12(2)21-22(19(14)24)16-7-5-4-6-15(16)20/h4-11,23H,3H2,1-2H3. The van der Waals surface area contributed by atoms with Crippen molar-refractivity contribution < 1.29 is 14.6 Å². The molecule has 1 aliphatic rings. The van der Waals surface area contributed by atoms with Crippen LogP contribution < -0.4 is 9.75 Å². The number of rotatable bonds is 4. The lowest BCUT2D eigenvalue weighted by atomic mass is 10.1. The molecule has 0 saturated carbocycles. The Hall–Kier alpha value is -2.79. The number of halogens is 1. The highest BCUT2D eigenvalue weighted by atomic mass is 35.5. The van der Waals surface area contributed by atoms with Gasteiger partial charge in [0, 0.05) is 0 Å². The minimum Gasteiger partial charge on any atom is -0.504 e. The summed E-state index contributed by atoms with van der Waals surface area (Å²) in [5.74, 6) is 0.182. The van der Waals surface area contributed by atoms with Crippen LogP contribution in [0.4, 0.5) is 5.69 Å². The molecule has 0 spiro atoms. The molecule has 2 aromatic rings. The van der Waals surface area contributed by atoms with Gasteiger partial charge in [-0.1, -0.05) is 29.8 Å². The molecule has 0 fully saturated rings. The fourth-order valence-electron chi connectivity index (χ4n) is 2.53. The second kappa shape index (κ2) is 6.99. The first kappa shape index (κ1) is 17.0. The zero-order chi connectivity index (χ0) is 18.0. The number of hydrogen-bond donors (Lipinski definition) is 1. The van der Waals surface area contributed by atoms with Crippen LogP contribution >= 0.6 is 11.6 Å². The molecule has 0 aromatic heterocycles. The summed E-state index contributed by atoms with van der Waals surface area (Å²) in [4.78, 5) is 12.8. The molecule has 25 heavy (non-hydrogen) atoms. The van der Waals surface area contributed by atoms with Crippen molar-refractivity contribution in [3.05, 3.63) is 58.6 Å². The Labute approximate surface area is 150 Å². The van der Waals surface area contributed by atoms with Crippen molar-refractivity contribution >= 4 is 35.0 Å². The predicted octanol–water partition coefficient (Wildman–Crippen LogP) is 4.25. The van der Waals surface area contributed by atoms with Gasteiger partial charge in [-0.05, 0) is 49.8 Å². The quantitative estimate of drug-likeness (QED) is 0.833. The maximum absolute atomic E-state index is 12.8. The molecule has 128 valence electrons. The van der Waals surface area contributed by atoms with Gasteiger partial charge in [0.2, 0.25) is 0 Å². The van der Waals surface area contributed by atoms with Gasteiger partial charge in [0.25, 0.3) is 5.91 Å². The van der Waals surface area contributed by atoms with Gasteiger partial charge in [-0.15, -0.1) is 0 Å². The third-order valence-corrected chi connectivity index (χ3v) is 4.06. The molecule has 1 amide bonds. The van der Waals surface area contributed by atoms with Gasteiger partial charge < -0.3 is 9.84 Å². The first-order valence-corrected chi connectivity index (χ1v) is 8.21. The van der Waals surface area contributed by atoms with E-state index in [2.05, 4.69) is 5.10 Å². The average molecular weight is 357 g/mol. The van der Waals surface area contributed by atoms with Gasteiger partial charge >= 0.3 is 0 Å². The molecule has 1 aliphatic heterocycles. The highest BCUT2D eigenvalue weighted by Crippen LogP contribution is 2.32. The average Bonchev–Trinajstić information content (AvgIpc) is 2.86. The summed E-state index contributed by atoms with van der Waals surface area (Å²) >= 11 is 6.17.